The molecule has 0 saturated heterocycles. The summed E-state index contributed by atoms with van der Waals surface area (Å²) in [4.78, 5) is 20.7. The van der Waals surface area contributed by atoms with Crippen LogP contribution >= 0.6 is 23.2 Å². The van der Waals surface area contributed by atoms with E-state index in [1.54, 1.807) is 6.07 Å². The van der Waals surface area contributed by atoms with Crippen molar-refractivity contribution in [2.75, 3.05) is 18.7 Å². The predicted molar refractivity (Wildman–Crippen MR) is 82.3 cm³/mol. The Morgan fingerprint density at radius 3 is 2.68 bits per heavy atom. The van der Waals surface area contributed by atoms with Gasteiger partial charge in [-0.1, -0.05) is 23.2 Å². The van der Waals surface area contributed by atoms with Gasteiger partial charge in [-0.05, 0) is 18.6 Å². The fourth-order valence-corrected chi connectivity index (χ4v) is 3.68. The molecule has 0 radical (unpaired) electrons. The maximum atomic E-state index is 11.8. The second-order valence-corrected chi connectivity index (χ2v) is 7.42. The first kappa shape index (κ1) is 17.3. The first-order chi connectivity index (χ1) is 10.2. The van der Waals surface area contributed by atoms with Gasteiger partial charge in [-0.15, -0.1) is 0 Å². The molecule has 0 aromatic heterocycles. The summed E-state index contributed by atoms with van der Waals surface area (Å²) in [6.45, 7) is 0. The number of carbonyl (C=O) groups excluding carboxylic acids is 1. The van der Waals surface area contributed by atoms with Gasteiger partial charge in [-0.25, -0.2) is 17.9 Å². The standard InChI is InChI=1S/C12H14Cl2N2O5S/c1-20-21-12(17)10-5-9(16-22(2,18)19)11-7(14)3-6(13)4-8(11)15-10/h3-4,9-10,15-16H,5H2,1-2H3/t9-,10+/m1/s1. The summed E-state index contributed by atoms with van der Waals surface area (Å²) in [7, 11) is -2.30. The third-order valence-electron chi connectivity index (χ3n) is 3.05. The molecule has 2 atom stereocenters. The molecule has 1 aliphatic rings. The monoisotopic (exact) mass is 368 g/mol. The van der Waals surface area contributed by atoms with E-state index < -0.39 is 28.1 Å². The molecule has 2 rings (SSSR count). The number of hydrogen-bond donors (Lipinski definition) is 2. The van der Waals surface area contributed by atoms with Crippen LogP contribution in [0.1, 0.15) is 18.0 Å². The van der Waals surface area contributed by atoms with Crippen LogP contribution in [0.3, 0.4) is 0 Å². The Morgan fingerprint density at radius 2 is 2.09 bits per heavy atom. The highest BCUT2D eigenvalue weighted by Crippen LogP contribution is 2.40. The van der Waals surface area contributed by atoms with E-state index in [4.69, 9.17) is 23.2 Å². The number of nitrogens with one attached hydrogen (secondary N) is 2. The number of rotatable bonds is 4. The van der Waals surface area contributed by atoms with Gasteiger partial charge in [0.15, 0.2) is 0 Å². The van der Waals surface area contributed by atoms with E-state index in [2.05, 4.69) is 19.8 Å². The molecule has 0 unspecified atom stereocenters. The molecule has 2 N–H and O–H groups in total. The summed E-state index contributed by atoms with van der Waals surface area (Å²) in [5, 5.41) is 3.58. The van der Waals surface area contributed by atoms with E-state index in [1.165, 1.54) is 13.2 Å². The highest BCUT2D eigenvalue weighted by Gasteiger charge is 2.35. The Kier molecular flexibility index (Phi) is 5.18. The highest BCUT2D eigenvalue weighted by atomic mass is 35.5. The van der Waals surface area contributed by atoms with Crippen molar-refractivity contribution in [3.63, 3.8) is 0 Å². The van der Waals surface area contributed by atoms with Gasteiger partial charge < -0.3 is 5.32 Å². The minimum Gasteiger partial charge on any atom is -0.372 e. The van der Waals surface area contributed by atoms with Gasteiger partial charge in [0.1, 0.15) is 6.04 Å². The molecule has 1 heterocycles. The molecule has 0 bridgehead atoms. The Labute approximate surface area is 137 Å². The molecular formula is C12H14Cl2N2O5S. The molecule has 0 aliphatic carbocycles. The topological polar surface area (TPSA) is 93.7 Å². The van der Waals surface area contributed by atoms with E-state index in [0.717, 1.165) is 6.26 Å². The van der Waals surface area contributed by atoms with Gasteiger partial charge in [0.05, 0.1) is 19.4 Å². The first-order valence-corrected chi connectivity index (χ1v) is 8.83. The minimum absolute atomic E-state index is 0.115. The van der Waals surface area contributed by atoms with Crippen molar-refractivity contribution >= 4 is 44.9 Å². The number of carbonyl (C=O) groups is 1. The smallest absolute Gasteiger partial charge is 0.364 e. The average Bonchev–Trinajstić information content (AvgIpc) is 2.35. The van der Waals surface area contributed by atoms with Crippen LogP contribution in [0.5, 0.6) is 0 Å². The van der Waals surface area contributed by atoms with Crippen LogP contribution in [0.2, 0.25) is 10.0 Å². The summed E-state index contributed by atoms with van der Waals surface area (Å²) in [5.74, 6) is -0.676. The zero-order chi connectivity index (χ0) is 16.5. The number of halogens is 2. The quantitative estimate of drug-likeness (QED) is 0.622. The average molecular weight is 369 g/mol. The molecule has 0 spiro atoms. The SMILES string of the molecule is COOC(=O)[C@@H]1C[C@@H](NS(C)(=O)=O)c2c(Cl)cc(Cl)cc2N1. The third kappa shape index (κ3) is 4.02. The number of sulfonamides is 1. The second kappa shape index (κ2) is 6.59. The van der Waals surface area contributed by atoms with Crippen LogP contribution in [0.15, 0.2) is 12.1 Å². The van der Waals surface area contributed by atoms with Crippen molar-refractivity contribution in [3.8, 4) is 0 Å². The summed E-state index contributed by atoms with van der Waals surface area (Å²) in [6, 6.07) is 1.58. The summed E-state index contributed by atoms with van der Waals surface area (Å²) in [5.41, 5.74) is 0.987. The van der Waals surface area contributed by atoms with Crippen molar-refractivity contribution in [3.05, 3.63) is 27.7 Å². The van der Waals surface area contributed by atoms with Crippen LogP contribution < -0.4 is 10.0 Å². The predicted octanol–water partition coefficient (Wildman–Crippen LogP) is 1.87. The molecule has 1 aliphatic heterocycles. The van der Waals surface area contributed by atoms with Crippen LogP contribution in [0, 0.1) is 0 Å². The lowest BCUT2D eigenvalue weighted by atomic mass is 9.93. The molecule has 22 heavy (non-hydrogen) atoms. The molecule has 7 nitrogen and oxygen atoms in total. The molecule has 1 aromatic rings. The van der Waals surface area contributed by atoms with Crippen LogP contribution in [0.25, 0.3) is 0 Å². The second-order valence-electron chi connectivity index (χ2n) is 4.79. The first-order valence-electron chi connectivity index (χ1n) is 6.18. The Morgan fingerprint density at radius 1 is 1.41 bits per heavy atom. The number of benzene rings is 1. The van der Waals surface area contributed by atoms with E-state index >= 15 is 0 Å². The van der Waals surface area contributed by atoms with E-state index in [9.17, 15) is 13.2 Å². The van der Waals surface area contributed by atoms with Crippen LogP contribution in [-0.2, 0) is 24.6 Å². The van der Waals surface area contributed by atoms with E-state index in [-0.39, 0.29) is 6.42 Å². The van der Waals surface area contributed by atoms with Gasteiger partial charge in [-0.2, -0.15) is 4.89 Å². The number of hydrogen-bond acceptors (Lipinski definition) is 6. The zero-order valence-corrected chi connectivity index (χ0v) is 14.1. The molecule has 10 heteroatoms. The van der Waals surface area contributed by atoms with Gasteiger partial charge in [0.2, 0.25) is 10.0 Å². The zero-order valence-electron chi connectivity index (χ0n) is 11.7. The summed E-state index contributed by atoms with van der Waals surface area (Å²) < 4.78 is 25.6. The van der Waals surface area contributed by atoms with Crippen molar-refractivity contribution in [1.82, 2.24) is 4.72 Å². The number of fused-ring (bicyclic) bond motifs is 1. The van der Waals surface area contributed by atoms with Crippen LogP contribution in [0.4, 0.5) is 5.69 Å². The Hall–Kier alpha value is -1.06. The maximum Gasteiger partial charge on any atom is 0.364 e. The van der Waals surface area contributed by atoms with Crippen molar-refractivity contribution in [1.29, 1.82) is 0 Å². The Balaban J connectivity index is 2.43. The lowest BCUT2D eigenvalue weighted by Crippen LogP contribution is -2.41. The van der Waals surface area contributed by atoms with E-state index in [1.807, 2.05) is 0 Å². The lowest BCUT2D eigenvalue weighted by molar-refractivity contribution is -0.256. The van der Waals surface area contributed by atoms with Crippen molar-refractivity contribution < 1.29 is 23.0 Å². The Bertz CT molecular complexity index is 695. The number of anilines is 1. The van der Waals surface area contributed by atoms with Gasteiger partial charge >= 0.3 is 5.97 Å². The fourth-order valence-electron chi connectivity index (χ4n) is 2.32. The lowest BCUT2D eigenvalue weighted by Gasteiger charge is -2.32. The highest BCUT2D eigenvalue weighted by molar-refractivity contribution is 7.88. The van der Waals surface area contributed by atoms with Crippen molar-refractivity contribution in [2.45, 2.75) is 18.5 Å². The molecular weight excluding hydrogens is 355 g/mol. The molecule has 0 saturated carbocycles. The van der Waals surface area contributed by atoms with E-state index in [0.29, 0.717) is 21.3 Å². The van der Waals surface area contributed by atoms with Gasteiger partial charge in [0.25, 0.3) is 0 Å². The molecule has 1 aromatic carbocycles. The summed E-state index contributed by atoms with van der Waals surface area (Å²) >= 11 is 12.1. The van der Waals surface area contributed by atoms with Crippen molar-refractivity contribution in [2.24, 2.45) is 0 Å². The molecule has 0 amide bonds. The van der Waals surface area contributed by atoms with Crippen LogP contribution in [-0.4, -0.2) is 33.8 Å². The normalized spacial score (nSPS) is 20.9. The van der Waals surface area contributed by atoms with Gasteiger partial charge in [-0.3, -0.25) is 4.89 Å². The fraction of sp³-hybridized carbons (Fsp3) is 0.417. The molecule has 122 valence electrons. The van der Waals surface area contributed by atoms with Gasteiger partial charge in [0, 0.05) is 21.3 Å². The molecule has 0 fully saturated rings. The summed E-state index contributed by atoms with van der Waals surface area (Å²) in [6.07, 6.45) is 1.14. The minimum atomic E-state index is -3.51. The largest absolute Gasteiger partial charge is 0.372 e. The maximum absolute atomic E-state index is 11.8. The third-order valence-corrected chi connectivity index (χ3v) is 4.29.